The van der Waals surface area contributed by atoms with Gasteiger partial charge >= 0.3 is 0 Å². The summed E-state index contributed by atoms with van der Waals surface area (Å²) in [5.41, 5.74) is 0.589. The first-order chi connectivity index (χ1) is 7.54. The van der Waals surface area contributed by atoms with Crippen LogP contribution in [0.15, 0.2) is 35.6 Å². The number of halogens is 1. The van der Waals surface area contributed by atoms with Gasteiger partial charge in [-0.1, -0.05) is 23.7 Å². The van der Waals surface area contributed by atoms with Crippen LogP contribution in [0.4, 0.5) is 0 Å². The number of benzene rings is 1. The molecule has 3 nitrogen and oxygen atoms in total. The van der Waals surface area contributed by atoms with E-state index in [1.165, 1.54) is 6.92 Å². The van der Waals surface area contributed by atoms with Crippen LogP contribution >= 0.6 is 11.6 Å². The molecular formula is C12H10ClNO2. The Morgan fingerprint density at radius 3 is 2.44 bits per heavy atom. The summed E-state index contributed by atoms with van der Waals surface area (Å²) in [5.74, 6) is -0.647. The highest BCUT2D eigenvalue weighted by Gasteiger charge is 2.10. The number of carbonyl (C=O) groups excluding carboxylic acids is 1. The summed E-state index contributed by atoms with van der Waals surface area (Å²) in [6, 6.07) is 8.52. The van der Waals surface area contributed by atoms with Gasteiger partial charge in [0, 0.05) is 11.4 Å². The molecule has 0 amide bonds. The van der Waals surface area contributed by atoms with Crippen molar-refractivity contribution in [2.75, 3.05) is 0 Å². The van der Waals surface area contributed by atoms with Crippen LogP contribution in [0, 0.1) is 11.3 Å². The molecule has 1 aromatic carbocycles. The number of Topliss-reactive ketones (excluding diaryl/α,β-unsaturated/α-hetero) is 1. The normalized spacial score (nSPS) is 11.6. The van der Waals surface area contributed by atoms with E-state index in [1.807, 2.05) is 0 Å². The van der Waals surface area contributed by atoms with E-state index < -0.39 is 5.78 Å². The van der Waals surface area contributed by atoms with Crippen molar-refractivity contribution < 1.29 is 9.90 Å². The van der Waals surface area contributed by atoms with Crippen LogP contribution in [0.5, 0.6) is 0 Å². The summed E-state index contributed by atoms with van der Waals surface area (Å²) in [6.07, 6.45) is 0.152. The second-order valence-electron chi connectivity index (χ2n) is 3.29. The molecule has 1 aromatic rings. The maximum absolute atomic E-state index is 11.0. The third kappa shape index (κ3) is 3.11. The predicted octanol–water partition coefficient (Wildman–Crippen LogP) is 2.81. The largest absolute Gasteiger partial charge is 0.510 e. The second-order valence-corrected chi connectivity index (χ2v) is 3.73. The lowest BCUT2D eigenvalue weighted by Crippen LogP contribution is -2.01. The van der Waals surface area contributed by atoms with E-state index in [-0.39, 0.29) is 17.8 Å². The average molecular weight is 236 g/mol. The van der Waals surface area contributed by atoms with Crippen LogP contribution in [0.2, 0.25) is 5.02 Å². The molecule has 4 heteroatoms. The highest BCUT2D eigenvalue weighted by Crippen LogP contribution is 2.14. The average Bonchev–Trinajstić information content (AvgIpc) is 2.22. The quantitative estimate of drug-likeness (QED) is 0.498. The van der Waals surface area contributed by atoms with E-state index in [2.05, 4.69) is 0 Å². The van der Waals surface area contributed by atoms with Gasteiger partial charge in [0.15, 0.2) is 5.78 Å². The fraction of sp³-hybridized carbons (Fsp3) is 0.167. The molecule has 0 bridgehead atoms. The van der Waals surface area contributed by atoms with Gasteiger partial charge in [0.05, 0.1) is 0 Å². The number of nitrogens with zero attached hydrogens (tertiary/aromatic N) is 1. The highest BCUT2D eigenvalue weighted by atomic mass is 35.5. The van der Waals surface area contributed by atoms with E-state index in [1.54, 1.807) is 30.3 Å². The van der Waals surface area contributed by atoms with Gasteiger partial charge in [0.25, 0.3) is 0 Å². The molecule has 0 spiro atoms. The third-order valence-corrected chi connectivity index (χ3v) is 2.29. The number of hydrogen-bond acceptors (Lipinski definition) is 3. The van der Waals surface area contributed by atoms with Crippen molar-refractivity contribution in [3.05, 3.63) is 46.2 Å². The van der Waals surface area contributed by atoms with Crippen LogP contribution in [-0.4, -0.2) is 10.9 Å². The number of ketones is 1. The summed E-state index contributed by atoms with van der Waals surface area (Å²) >= 11 is 5.71. The van der Waals surface area contributed by atoms with Crippen molar-refractivity contribution >= 4 is 17.4 Å². The number of hydrogen-bond donors (Lipinski definition) is 1. The number of rotatable bonds is 3. The van der Waals surface area contributed by atoms with Crippen molar-refractivity contribution in [2.45, 2.75) is 13.3 Å². The first-order valence-corrected chi connectivity index (χ1v) is 5.00. The SMILES string of the molecule is CC(=O)C(C#N)=C(O)Cc1ccc(Cl)cc1. The van der Waals surface area contributed by atoms with Gasteiger partial charge in [-0.25, -0.2) is 0 Å². The second kappa shape index (κ2) is 5.34. The number of aliphatic hydroxyl groups excluding tert-OH is 1. The first kappa shape index (κ1) is 12.3. The summed E-state index contributed by atoms with van der Waals surface area (Å²) in [6.45, 7) is 1.25. The van der Waals surface area contributed by atoms with E-state index in [0.717, 1.165) is 5.56 Å². The minimum Gasteiger partial charge on any atom is -0.510 e. The number of allylic oxidation sites excluding steroid dienone is 2. The van der Waals surface area contributed by atoms with Crippen molar-refractivity contribution in [1.82, 2.24) is 0 Å². The minimum atomic E-state index is -0.436. The molecule has 1 rings (SSSR count). The maximum atomic E-state index is 11.0. The Labute approximate surface area is 98.6 Å². The molecule has 0 heterocycles. The first-order valence-electron chi connectivity index (χ1n) is 4.62. The summed E-state index contributed by atoms with van der Waals surface area (Å²) in [4.78, 5) is 11.0. The summed E-state index contributed by atoms with van der Waals surface area (Å²) < 4.78 is 0. The molecule has 0 fully saturated rings. The number of nitriles is 1. The molecule has 1 N–H and O–H groups in total. The highest BCUT2D eigenvalue weighted by molar-refractivity contribution is 6.30. The molecule has 0 radical (unpaired) electrons. The molecule has 16 heavy (non-hydrogen) atoms. The van der Waals surface area contributed by atoms with Gasteiger partial charge in [-0.05, 0) is 24.6 Å². The van der Waals surface area contributed by atoms with Crippen LogP contribution in [0.1, 0.15) is 12.5 Å². The summed E-state index contributed by atoms with van der Waals surface area (Å²) in [7, 11) is 0. The Balaban J connectivity index is 2.93. The lowest BCUT2D eigenvalue weighted by molar-refractivity contribution is -0.113. The van der Waals surface area contributed by atoms with Crippen LogP contribution in [-0.2, 0) is 11.2 Å². The van der Waals surface area contributed by atoms with E-state index in [9.17, 15) is 9.90 Å². The molecule has 0 aromatic heterocycles. The molecule has 82 valence electrons. The van der Waals surface area contributed by atoms with Crippen molar-refractivity contribution in [1.29, 1.82) is 5.26 Å². The molecule has 0 aliphatic rings. The standard InChI is InChI=1S/C12H10ClNO2/c1-8(15)11(7-14)12(16)6-9-2-4-10(13)5-3-9/h2-5,16H,6H2,1H3. The fourth-order valence-electron chi connectivity index (χ4n) is 1.23. The molecule has 0 aliphatic heterocycles. The zero-order valence-corrected chi connectivity index (χ0v) is 9.45. The Morgan fingerprint density at radius 2 is 2.00 bits per heavy atom. The van der Waals surface area contributed by atoms with E-state index in [4.69, 9.17) is 16.9 Å². The lowest BCUT2D eigenvalue weighted by atomic mass is 10.1. The molecule has 0 aliphatic carbocycles. The molecule has 0 atom stereocenters. The zero-order chi connectivity index (χ0) is 12.1. The van der Waals surface area contributed by atoms with Gasteiger partial charge in [0.1, 0.15) is 17.4 Å². The molecule has 0 unspecified atom stereocenters. The molecule has 0 saturated carbocycles. The Bertz CT molecular complexity index is 469. The smallest absolute Gasteiger partial charge is 0.173 e. The van der Waals surface area contributed by atoms with Crippen molar-refractivity contribution in [3.63, 3.8) is 0 Å². The Hall–Kier alpha value is -1.79. The van der Waals surface area contributed by atoms with Gasteiger partial charge in [-0.3, -0.25) is 4.79 Å². The number of carbonyl (C=O) groups is 1. The third-order valence-electron chi connectivity index (χ3n) is 2.04. The topological polar surface area (TPSA) is 61.1 Å². The fourth-order valence-corrected chi connectivity index (χ4v) is 1.36. The summed E-state index contributed by atoms with van der Waals surface area (Å²) in [5, 5.41) is 18.9. The Morgan fingerprint density at radius 1 is 1.44 bits per heavy atom. The van der Waals surface area contributed by atoms with Gasteiger partial charge in [-0.2, -0.15) is 5.26 Å². The Kier molecular flexibility index (Phi) is 4.10. The van der Waals surface area contributed by atoms with Crippen molar-refractivity contribution in [2.24, 2.45) is 0 Å². The predicted molar refractivity (Wildman–Crippen MR) is 61.1 cm³/mol. The lowest BCUT2D eigenvalue weighted by Gasteiger charge is -2.02. The number of aliphatic hydroxyl groups is 1. The monoisotopic (exact) mass is 235 g/mol. The van der Waals surface area contributed by atoms with Gasteiger partial charge < -0.3 is 5.11 Å². The molecular weight excluding hydrogens is 226 g/mol. The van der Waals surface area contributed by atoms with E-state index in [0.29, 0.717) is 5.02 Å². The van der Waals surface area contributed by atoms with E-state index >= 15 is 0 Å². The molecule has 0 saturated heterocycles. The van der Waals surface area contributed by atoms with Crippen LogP contribution in [0.3, 0.4) is 0 Å². The van der Waals surface area contributed by atoms with Crippen LogP contribution < -0.4 is 0 Å². The van der Waals surface area contributed by atoms with Gasteiger partial charge in [0.2, 0.25) is 0 Å². The minimum absolute atomic E-state index is 0.152. The van der Waals surface area contributed by atoms with Crippen LogP contribution in [0.25, 0.3) is 0 Å². The van der Waals surface area contributed by atoms with Crippen molar-refractivity contribution in [3.8, 4) is 6.07 Å². The maximum Gasteiger partial charge on any atom is 0.173 e. The zero-order valence-electron chi connectivity index (χ0n) is 8.70. The van der Waals surface area contributed by atoms with Gasteiger partial charge in [-0.15, -0.1) is 0 Å².